The van der Waals surface area contributed by atoms with Gasteiger partial charge in [-0.25, -0.2) is 0 Å². The lowest BCUT2D eigenvalue weighted by molar-refractivity contribution is 0.380. The van der Waals surface area contributed by atoms with Gasteiger partial charge in [-0.05, 0) is 48.0 Å². The largest absolute Gasteiger partial charge is 0.493 e. The van der Waals surface area contributed by atoms with Crippen molar-refractivity contribution in [2.24, 2.45) is 0 Å². The maximum Gasteiger partial charge on any atom is 0.177 e. The molecule has 6 rings (SSSR count). The number of hydrogen-bond acceptors (Lipinski definition) is 6. The van der Waals surface area contributed by atoms with Crippen molar-refractivity contribution in [1.82, 2.24) is 15.2 Å². The Bertz CT molecular complexity index is 1690. The van der Waals surface area contributed by atoms with Crippen LogP contribution in [0.5, 0.6) is 17.2 Å². The third kappa shape index (κ3) is 4.63. The highest BCUT2D eigenvalue weighted by atomic mass is 16.5. The molecule has 2 heterocycles. The molecular weight excluding hydrogens is 472 g/mol. The van der Waals surface area contributed by atoms with Crippen LogP contribution in [0.2, 0.25) is 0 Å². The van der Waals surface area contributed by atoms with E-state index in [-0.39, 0.29) is 0 Å². The number of benzene rings is 4. The summed E-state index contributed by atoms with van der Waals surface area (Å²) in [5.74, 6) is 2.68. The average molecular weight is 497 g/mol. The summed E-state index contributed by atoms with van der Waals surface area (Å²) in [6.07, 6.45) is 3.52. The van der Waals surface area contributed by atoms with Crippen LogP contribution in [-0.4, -0.2) is 22.3 Å². The van der Waals surface area contributed by atoms with E-state index in [0.29, 0.717) is 23.1 Å². The number of para-hydroxylation sites is 1. The summed E-state index contributed by atoms with van der Waals surface area (Å²) in [5.41, 5.74) is 4.69. The van der Waals surface area contributed by atoms with Crippen LogP contribution in [0.15, 0.2) is 122 Å². The van der Waals surface area contributed by atoms with Gasteiger partial charge in [0.2, 0.25) is 0 Å². The molecule has 4 aromatic carbocycles. The zero-order chi connectivity index (χ0) is 25.7. The summed E-state index contributed by atoms with van der Waals surface area (Å²) < 4.78 is 11.9. The molecule has 0 aliphatic heterocycles. The van der Waals surface area contributed by atoms with Gasteiger partial charge in [-0.2, -0.15) is 0 Å². The molecular formula is C32H24N4O2. The van der Waals surface area contributed by atoms with Crippen LogP contribution in [0.3, 0.4) is 0 Å². The molecule has 38 heavy (non-hydrogen) atoms. The first-order chi connectivity index (χ1) is 18.8. The standard InChI is InChI=1S/C32H24N4O2/c1-37-29-13-7-12-26(22-18-20-33-21-19-22)31(29)38-25-16-14-24(15-17-25)34-32-28-11-6-5-10-27(28)30(35-36-32)23-8-3-2-4-9-23/h2-21H,1H3,(H,34,36). The van der Waals surface area contributed by atoms with Crippen LogP contribution in [0, 0.1) is 0 Å². The van der Waals surface area contributed by atoms with E-state index in [1.807, 2.05) is 97.1 Å². The van der Waals surface area contributed by atoms with Gasteiger partial charge in [-0.15, -0.1) is 10.2 Å². The van der Waals surface area contributed by atoms with Gasteiger partial charge in [0.05, 0.1) is 7.11 Å². The Kier molecular flexibility index (Phi) is 6.35. The predicted octanol–water partition coefficient (Wildman–Crippen LogP) is 7.90. The molecule has 0 saturated carbocycles. The van der Waals surface area contributed by atoms with E-state index in [2.05, 4.69) is 32.6 Å². The normalized spacial score (nSPS) is 10.8. The molecule has 0 saturated heterocycles. The maximum atomic E-state index is 6.32. The molecule has 184 valence electrons. The summed E-state index contributed by atoms with van der Waals surface area (Å²) in [6.45, 7) is 0. The zero-order valence-electron chi connectivity index (χ0n) is 20.7. The predicted molar refractivity (Wildman–Crippen MR) is 151 cm³/mol. The molecule has 0 amide bonds. The Labute approximate surface area is 220 Å². The Balaban J connectivity index is 1.28. The number of nitrogens with one attached hydrogen (secondary N) is 1. The number of fused-ring (bicyclic) bond motifs is 1. The molecule has 0 aliphatic rings. The zero-order valence-corrected chi connectivity index (χ0v) is 20.7. The number of ether oxygens (including phenoxy) is 2. The molecule has 2 aromatic heterocycles. The number of methoxy groups -OCH3 is 1. The Morgan fingerprint density at radius 2 is 1.37 bits per heavy atom. The van der Waals surface area contributed by atoms with Crippen LogP contribution < -0.4 is 14.8 Å². The third-order valence-electron chi connectivity index (χ3n) is 6.26. The van der Waals surface area contributed by atoms with Crippen LogP contribution in [0.1, 0.15) is 0 Å². The molecule has 6 nitrogen and oxygen atoms in total. The third-order valence-corrected chi connectivity index (χ3v) is 6.26. The van der Waals surface area contributed by atoms with Crippen LogP contribution >= 0.6 is 0 Å². The van der Waals surface area contributed by atoms with Gasteiger partial charge in [0.25, 0.3) is 0 Å². The van der Waals surface area contributed by atoms with Gasteiger partial charge in [-0.1, -0.05) is 66.7 Å². The first kappa shape index (κ1) is 23.2. The fraction of sp³-hybridized carbons (Fsp3) is 0.0312. The Morgan fingerprint density at radius 1 is 0.632 bits per heavy atom. The molecule has 0 spiro atoms. The van der Waals surface area contributed by atoms with Crippen LogP contribution in [-0.2, 0) is 0 Å². The molecule has 0 bridgehead atoms. The van der Waals surface area contributed by atoms with E-state index in [4.69, 9.17) is 9.47 Å². The number of aromatic nitrogens is 3. The second-order valence-corrected chi connectivity index (χ2v) is 8.63. The smallest absolute Gasteiger partial charge is 0.177 e. The molecule has 0 atom stereocenters. The molecule has 0 fully saturated rings. The lowest BCUT2D eigenvalue weighted by Gasteiger charge is -2.15. The van der Waals surface area contributed by atoms with E-state index in [0.717, 1.165) is 38.8 Å². The minimum Gasteiger partial charge on any atom is -0.493 e. The number of anilines is 2. The topological polar surface area (TPSA) is 69.2 Å². The minimum atomic E-state index is 0.648. The van der Waals surface area contributed by atoms with Crippen molar-refractivity contribution in [2.75, 3.05) is 12.4 Å². The average Bonchev–Trinajstić information content (AvgIpc) is 2.99. The molecule has 0 unspecified atom stereocenters. The summed E-state index contributed by atoms with van der Waals surface area (Å²) in [5, 5.41) is 14.5. The van der Waals surface area contributed by atoms with Crippen LogP contribution in [0.4, 0.5) is 11.5 Å². The van der Waals surface area contributed by atoms with Crippen molar-refractivity contribution in [1.29, 1.82) is 0 Å². The number of rotatable bonds is 7. The van der Waals surface area contributed by atoms with Crippen molar-refractivity contribution >= 4 is 22.3 Å². The van der Waals surface area contributed by atoms with Gasteiger partial charge in [0, 0.05) is 40.0 Å². The van der Waals surface area contributed by atoms with Crippen molar-refractivity contribution in [2.45, 2.75) is 0 Å². The fourth-order valence-electron chi connectivity index (χ4n) is 4.41. The van der Waals surface area contributed by atoms with E-state index in [9.17, 15) is 0 Å². The second-order valence-electron chi connectivity index (χ2n) is 8.63. The quantitative estimate of drug-likeness (QED) is 0.242. The van der Waals surface area contributed by atoms with Crippen molar-refractivity contribution in [3.05, 3.63) is 122 Å². The Hall–Kier alpha value is -5.23. The van der Waals surface area contributed by atoms with E-state index in [1.165, 1.54) is 0 Å². The van der Waals surface area contributed by atoms with E-state index >= 15 is 0 Å². The van der Waals surface area contributed by atoms with Crippen LogP contribution in [0.25, 0.3) is 33.2 Å². The van der Waals surface area contributed by atoms with E-state index < -0.39 is 0 Å². The molecule has 0 aliphatic carbocycles. The van der Waals surface area contributed by atoms with Crippen molar-refractivity contribution in [3.63, 3.8) is 0 Å². The highest BCUT2D eigenvalue weighted by Crippen LogP contribution is 2.41. The highest BCUT2D eigenvalue weighted by molar-refractivity contribution is 6.00. The first-order valence-electron chi connectivity index (χ1n) is 12.2. The lowest BCUT2D eigenvalue weighted by atomic mass is 10.0. The van der Waals surface area contributed by atoms with E-state index in [1.54, 1.807) is 19.5 Å². The molecule has 1 N–H and O–H groups in total. The summed E-state index contributed by atoms with van der Waals surface area (Å²) in [4.78, 5) is 4.12. The first-order valence-corrected chi connectivity index (χ1v) is 12.2. The SMILES string of the molecule is COc1cccc(-c2ccncc2)c1Oc1ccc(Nc2nnc(-c3ccccc3)c3ccccc23)cc1. The monoisotopic (exact) mass is 496 g/mol. The molecule has 6 heteroatoms. The Morgan fingerprint density at radius 3 is 2.13 bits per heavy atom. The summed E-state index contributed by atoms with van der Waals surface area (Å²) in [7, 11) is 1.64. The molecule has 0 radical (unpaired) electrons. The summed E-state index contributed by atoms with van der Waals surface area (Å²) >= 11 is 0. The van der Waals surface area contributed by atoms with Gasteiger partial charge in [0.1, 0.15) is 11.4 Å². The molecule has 6 aromatic rings. The number of hydrogen-bond donors (Lipinski definition) is 1. The lowest BCUT2D eigenvalue weighted by Crippen LogP contribution is -1.99. The highest BCUT2D eigenvalue weighted by Gasteiger charge is 2.14. The fourth-order valence-corrected chi connectivity index (χ4v) is 4.41. The van der Waals surface area contributed by atoms with Gasteiger partial charge >= 0.3 is 0 Å². The van der Waals surface area contributed by atoms with Crippen molar-refractivity contribution in [3.8, 4) is 39.6 Å². The van der Waals surface area contributed by atoms with Crippen molar-refractivity contribution < 1.29 is 9.47 Å². The minimum absolute atomic E-state index is 0.648. The van der Waals surface area contributed by atoms with Gasteiger partial charge in [0.15, 0.2) is 17.3 Å². The maximum absolute atomic E-state index is 6.32. The number of nitrogens with zero attached hydrogens (tertiary/aromatic N) is 3. The number of pyridine rings is 1. The second kappa shape index (κ2) is 10.4. The summed E-state index contributed by atoms with van der Waals surface area (Å²) in [6, 6.07) is 35.7. The van der Waals surface area contributed by atoms with Gasteiger partial charge in [-0.3, -0.25) is 4.98 Å². The van der Waals surface area contributed by atoms with Gasteiger partial charge < -0.3 is 14.8 Å².